The highest BCUT2D eigenvalue weighted by atomic mass is 79.9. The first-order valence-electron chi connectivity index (χ1n) is 5.19. The predicted molar refractivity (Wildman–Crippen MR) is 67.3 cm³/mol. The summed E-state index contributed by atoms with van der Waals surface area (Å²) < 4.78 is 34.4. The Morgan fingerprint density at radius 1 is 1.56 bits per heavy atom. The van der Waals surface area contributed by atoms with Crippen LogP contribution in [0, 0.1) is 5.92 Å². The Morgan fingerprint density at radius 3 is 2.89 bits per heavy atom. The number of hydrogen-bond acceptors (Lipinski definition) is 4. The number of aromatic nitrogens is 1. The zero-order valence-electron chi connectivity index (χ0n) is 9.21. The summed E-state index contributed by atoms with van der Waals surface area (Å²) in [6.45, 7) is 0.199. The molecule has 1 aromatic heterocycles. The van der Waals surface area contributed by atoms with Gasteiger partial charge in [-0.05, 0) is 22.0 Å². The molecule has 1 aromatic rings. The molecule has 1 aliphatic rings. The van der Waals surface area contributed by atoms with E-state index < -0.39 is 21.9 Å². The van der Waals surface area contributed by atoms with Crippen LogP contribution >= 0.6 is 15.9 Å². The van der Waals surface area contributed by atoms with Crippen LogP contribution in [0.4, 0.5) is 9.57 Å². The molecule has 0 bridgehead atoms. The van der Waals surface area contributed by atoms with Gasteiger partial charge in [0, 0.05) is 31.3 Å². The van der Waals surface area contributed by atoms with E-state index in [1.54, 1.807) is 12.3 Å². The zero-order chi connectivity index (χ0) is 13.3. The van der Waals surface area contributed by atoms with E-state index >= 15 is 0 Å². The highest BCUT2D eigenvalue weighted by Gasteiger charge is 2.34. The van der Waals surface area contributed by atoms with Crippen molar-refractivity contribution in [3.05, 3.63) is 22.9 Å². The Bertz CT molecular complexity index is 578. The molecule has 98 valence electrons. The van der Waals surface area contributed by atoms with Crippen LogP contribution in [0.25, 0.3) is 0 Å². The molecule has 5 nitrogen and oxygen atoms in total. The number of halogens is 2. The van der Waals surface area contributed by atoms with Crippen molar-refractivity contribution in [3.63, 3.8) is 0 Å². The average Bonchev–Trinajstić information content (AvgIpc) is 2.57. The third kappa shape index (κ3) is 3.05. The minimum absolute atomic E-state index is 0.0396. The van der Waals surface area contributed by atoms with Crippen molar-refractivity contribution in [2.24, 2.45) is 5.92 Å². The van der Waals surface area contributed by atoms with Crippen LogP contribution in [0.1, 0.15) is 6.42 Å². The van der Waals surface area contributed by atoms with Gasteiger partial charge in [0.2, 0.25) is 5.91 Å². The van der Waals surface area contributed by atoms with Crippen LogP contribution < -0.4 is 4.90 Å². The van der Waals surface area contributed by atoms with E-state index in [4.69, 9.17) is 0 Å². The van der Waals surface area contributed by atoms with E-state index in [9.17, 15) is 17.1 Å². The summed E-state index contributed by atoms with van der Waals surface area (Å²) in [5.41, 5.74) is 0.619. The van der Waals surface area contributed by atoms with Crippen molar-refractivity contribution in [1.82, 2.24) is 4.98 Å². The largest absolute Gasteiger partial charge is 0.311 e. The lowest BCUT2D eigenvalue weighted by atomic mass is 10.1. The van der Waals surface area contributed by atoms with Crippen LogP contribution in [0.3, 0.4) is 0 Å². The topological polar surface area (TPSA) is 67.3 Å². The van der Waals surface area contributed by atoms with E-state index in [1.807, 2.05) is 0 Å². The number of anilines is 1. The molecule has 0 radical (unpaired) electrons. The Hall–Kier alpha value is -1.02. The zero-order valence-corrected chi connectivity index (χ0v) is 11.6. The molecular weight excluding hydrogens is 327 g/mol. The first-order chi connectivity index (χ1) is 8.37. The molecule has 0 aromatic carbocycles. The Kier molecular flexibility index (Phi) is 3.67. The maximum atomic E-state index is 12.6. The smallest absolute Gasteiger partial charge is 0.302 e. The first-order valence-corrected chi connectivity index (χ1v) is 7.53. The highest BCUT2D eigenvalue weighted by molar-refractivity contribution is 9.10. The molecule has 1 saturated heterocycles. The molecule has 1 unspecified atom stereocenters. The lowest BCUT2D eigenvalue weighted by molar-refractivity contribution is -0.117. The summed E-state index contributed by atoms with van der Waals surface area (Å²) >= 11 is 3.27. The second-order valence-electron chi connectivity index (χ2n) is 4.11. The molecule has 2 rings (SSSR count). The normalized spacial score (nSPS) is 20.4. The molecule has 1 aliphatic heterocycles. The van der Waals surface area contributed by atoms with E-state index in [-0.39, 0.29) is 18.9 Å². The summed E-state index contributed by atoms with van der Waals surface area (Å²) in [5.74, 6) is -1.33. The van der Waals surface area contributed by atoms with Crippen LogP contribution in [-0.2, 0) is 15.0 Å². The summed E-state index contributed by atoms with van der Waals surface area (Å²) in [6.07, 6.45) is 3.12. The van der Waals surface area contributed by atoms with Gasteiger partial charge in [0.05, 0.1) is 15.9 Å². The Labute approximate surface area is 112 Å². The van der Waals surface area contributed by atoms with E-state index in [2.05, 4.69) is 20.9 Å². The highest BCUT2D eigenvalue weighted by Crippen LogP contribution is 2.31. The lowest BCUT2D eigenvalue weighted by Crippen LogP contribution is -2.25. The van der Waals surface area contributed by atoms with Crippen LogP contribution in [-0.4, -0.2) is 31.6 Å². The summed E-state index contributed by atoms with van der Waals surface area (Å²) in [7, 11) is -4.55. The van der Waals surface area contributed by atoms with Gasteiger partial charge in [-0.2, -0.15) is 8.42 Å². The third-order valence-corrected chi connectivity index (χ3v) is 4.16. The van der Waals surface area contributed by atoms with Gasteiger partial charge in [-0.15, -0.1) is 3.89 Å². The van der Waals surface area contributed by atoms with E-state index in [1.165, 1.54) is 11.1 Å². The predicted octanol–water partition coefficient (Wildman–Crippen LogP) is 1.50. The summed E-state index contributed by atoms with van der Waals surface area (Å²) in [4.78, 5) is 17.1. The van der Waals surface area contributed by atoms with Gasteiger partial charge in [0.15, 0.2) is 0 Å². The molecule has 1 fully saturated rings. The summed E-state index contributed by atoms with van der Waals surface area (Å²) in [6, 6.07) is 1.65. The van der Waals surface area contributed by atoms with Gasteiger partial charge in [-0.1, -0.05) is 0 Å². The van der Waals surface area contributed by atoms with Crippen molar-refractivity contribution in [2.45, 2.75) is 6.42 Å². The van der Waals surface area contributed by atoms with Crippen LogP contribution in [0.5, 0.6) is 0 Å². The molecular formula is C10H10BrFN2O3S. The van der Waals surface area contributed by atoms with Gasteiger partial charge in [0.25, 0.3) is 0 Å². The fraction of sp³-hybridized carbons (Fsp3) is 0.400. The van der Waals surface area contributed by atoms with Gasteiger partial charge >= 0.3 is 10.2 Å². The first kappa shape index (κ1) is 13.4. The quantitative estimate of drug-likeness (QED) is 0.784. The number of carbonyl (C=O) groups excluding carboxylic acids is 1. The molecule has 1 atom stereocenters. The number of amides is 1. The van der Waals surface area contributed by atoms with Crippen molar-refractivity contribution in [3.8, 4) is 0 Å². The maximum Gasteiger partial charge on any atom is 0.302 e. The second-order valence-corrected chi connectivity index (χ2v) is 6.37. The minimum Gasteiger partial charge on any atom is -0.311 e. The standard InChI is InChI=1S/C10H10BrFN2O3S/c11-8-4-13-2-1-9(8)14-5-7(3-10(14)15)6-18(12,16)17/h1-2,4,7H,3,5-6H2. The van der Waals surface area contributed by atoms with Crippen molar-refractivity contribution < 1.29 is 17.1 Å². The minimum atomic E-state index is -4.55. The Morgan fingerprint density at radius 2 is 2.28 bits per heavy atom. The number of carbonyl (C=O) groups is 1. The summed E-state index contributed by atoms with van der Waals surface area (Å²) in [5, 5.41) is 0. The lowest BCUT2D eigenvalue weighted by Gasteiger charge is -2.17. The number of nitrogens with zero attached hydrogens (tertiary/aromatic N) is 2. The maximum absolute atomic E-state index is 12.6. The molecule has 0 aliphatic carbocycles. The molecule has 8 heteroatoms. The van der Waals surface area contributed by atoms with Gasteiger partial charge < -0.3 is 4.90 Å². The molecule has 0 N–H and O–H groups in total. The van der Waals surface area contributed by atoms with Crippen LogP contribution in [0.15, 0.2) is 22.9 Å². The van der Waals surface area contributed by atoms with E-state index in [0.29, 0.717) is 10.2 Å². The van der Waals surface area contributed by atoms with Gasteiger partial charge in [-0.3, -0.25) is 9.78 Å². The second kappa shape index (κ2) is 4.93. The molecule has 2 heterocycles. The fourth-order valence-corrected chi connectivity index (χ4v) is 3.25. The SMILES string of the molecule is O=C1CC(CS(=O)(=O)F)CN1c1ccncc1Br. The van der Waals surface area contributed by atoms with Crippen molar-refractivity contribution in [2.75, 3.05) is 17.2 Å². The van der Waals surface area contributed by atoms with Crippen molar-refractivity contribution >= 4 is 37.7 Å². The average molecular weight is 337 g/mol. The number of pyridine rings is 1. The number of rotatable bonds is 3. The number of hydrogen-bond donors (Lipinski definition) is 0. The molecule has 0 saturated carbocycles. The van der Waals surface area contributed by atoms with Gasteiger partial charge in [0.1, 0.15) is 0 Å². The molecule has 0 spiro atoms. The molecule has 18 heavy (non-hydrogen) atoms. The fourth-order valence-electron chi connectivity index (χ4n) is 1.99. The van der Waals surface area contributed by atoms with Crippen molar-refractivity contribution in [1.29, 1.82) is 0 Å². The van der Waals surface area contributed by atoms with Crippen LogP contribution in [0.2, 0.25) is 0 Å². The van der Waals surface area contributed by atoms with E-state index in [0.717, 1.165) is 0 Å². The Balaban J connectivity index is 2.18. The monoisotopic (exact) mass is 336 g/mol. The molecule has 1 amide bonds. The third-order valence-electron chi connectivity index (χ3n) is 2.68. The van der Waals surface area contributed by atoms with Gasteiger partial charge in [-0.25, -0.2) is 0 Å².